The molecule has 0 aliphatic heterocycles. The van der Waals surface area contributed by atoms with E-state index in [0.717, 1.165) is 19.8 Å². The molecule has 0 saturated carbocycles. The molecule has 2 rings (SSSR count). The van der Waals surface area contributed by atoms with E-state index in [4.69, 9.17) is 0 Å². The highest BCUT2D eigenvalue weighted by Crippen LogP contribution is 2.40. The van der Waals surface area contributed by atoms with Crippen LogP contribution in [0.1, 0.15) is 48.3 Å². The van der Waals surface area contributed by atoms with E-state index in [0.29, 0.717) is 5.56 Å². The summed E-state index contributed by atoms with van der Waals surface area (Å²) in [5.41, 5.74) is 0.0459. The van der Waals surface area contributed by atoms with E-state index in [1.165, 1.54) is 24.3 Å². The van der Waals surface area contributed by atoms with Crippen LogP contribution in [0.25, 0.3) is 0 Å². The van der Waals surface area contributed by atoms with Gasteiger partial charge in [-0.05, 0) is 35.4 Å². The molecule has 8 heteroatoms. The topological polar surface area (TPSA) is 134 Å². The summed E-state index contributed by atoms with van der Waals surface area (Å²) in [5.74, 6) is -2.57. The summed E-state index contributed by atoms with van der Waals surface area (Å²) < 4.78 is 9.06. The molecule has 0 aliphatic carbocycles. The standard InChI is InChI=1S/C21H24O8/c1-21(2,11-5-7-13(22)8-6-11)12-9-14(17(24)19(26)28-3)16(23)15(10-12)18(25)20(27)29-4/h5-10,17-18,22-25H,1-4H3. The molecular formula is C21H24O8. The maximum atomic E-state index is 11.8. The van der Waals surface area contributed by atoms with E-state index in [2.05, 4.69) is 9.47 Å². The highest BCUT2D eigenvalue weighted by Gasteiger charge is 2.32. The van der Waals surface area contributed by atoms with Crippen molar-refractivity contribution in [3.63, 3.8) is 0 Å². The zero-order chi connectivity index (χ0) is 21.9. The van der Waals surface area contributed by atoms with E-state index < -0.39 is 35.3 Å². The molecule has 0 radical (unpaired) electrons. The fourth-order valence-corrected chi connectivity index (χ4v) is 2.98. The van der Waals surface area contributed by atoms with Gasteiger partial charge in [-0.25, -0.2) is 9.59 Å². The van der Waals surface area contributed by atoms with Gasteiger partial charge in [0.05, 0.1) is 14.2 Å². The lowest BCUT2D eigenvalue weighted by molar-refractivity contribution is -0.151. The first kappa shape index (κ1) is 22.2. The van der Waals surface area contributed by atoms with Gasteiger partial charge in [0.1, 0.15) is 11.5 Å². The van der Waals surface area contributed by atoms with Crippen LogP contribution in [0.3, 0.4) is 0 Å². The number of phenols is 2. The minimum atomic E-state index is -1.83. The largest absolute Gasteiger partial charge is 0.508 e. The summed E-state index contributed by atoms with van der Waals surface area (Å²) in [7, 11) is 2.16. The second kappa shape index (κ2) is 8.50. The first-order valence-electron chi connectivity index (χ1n) is 8.73. The van der Waals surface area contributed by atoms with Crippen molar-refractivity contribution in [2.24, 2.45) is 0 Å². The number of benzene rings is 2. The fraction of sp³-hybridized carbons (Fsp3) is 0.333. The Bertz CT molecular complexity index is 858. The quantitative estimate of drug-likeness (QED) is 0.536. The molecule has 0 saturated heterocycles. The summed E-state index contributed by atoms with van der Waals surface area (Å²) in [5, 5.41) is 40.7. The second-order valence-corrected chi connectivity index (χ2v) is 7.03. The van der Waals surface area contributed by atoms with Crippen molar-refractivity contribution in [3.05, 3.63) is 58.7 Å². The first-order chi connectivity index (χ1) is 13.5. The van der Waals surface area contributed by atoms with E-state index >= 15 is 0 Å². The average Bonchev–Trinajstić information content (AvgIpc) is 2.71. The molecule has 0 aliphatic rings. The van der Waals surface area contributed by atoms with Crippen molar-refractivity contribution in [1.82, 2.24) is 0 Å². The lowest BCUT2D eigenvalue weighted by Crippen LogP contribution is -2.23. The van der Waals surface area contributed by atoms with Crippen LogP contribution in [0.5, 0.6) is 11.5 Å². The van der Waals surface area contributed by atoms with Gasteiger partial charge in [-0.15, -0.1) is 0 Å². The van der Waals surface area contributed by atoms with Gasteiger partial charge in [-0.2, -0.15) is 0 Å². The normalized spacial score (nSPS) is 13.4. The molecule has 2 atom stereocenters. The third-order valence-corrected chi connectivity index (χ3v) is 4.92. The van der Waals surface area contributed by atoms with Crippen LogP contribution in [-0.2, 0) is 24.5 Å². The van der Waals surface area contributed by atoms with Gasteiger partial charge in [0.25, 0.3) is 0 Å². The lowest BCUT2D eigenvalue weighted by Gasteiger charge is -2.29. The third kappa shape index (κ3) is 4.33. The highest BCUT2D eigenvalue weighted by atomic mass is 16.5. The molecule has 0 fully saturated rings. The fourth-order valence-electron chi connectivity index (χ4n) is 2.98. The number of aromatic hydroxyl groups is 2. The Morgan fingerprint density at radius 2 is 1.24 bits per heavy atom. The van der Waals surface area contributed by atoms with Gasteiger partial charge in [-0.3, -0.25) is 0 Å². The number of aliphatic hydroxyl groups is 2. The number of ether oxygens (including phenoxy) is 2. The van der Waals surface area contributed by atoms with Gasteiger partial charge in [0.15, 0.2) is 12.2 Å². The molecule has 2 aromatic rings. The first-order valence-corrected chi connectivity index (χ1v) is 8.73. The van der Waals surface area contributed by atoms with Crippen LogP contribution in [0, 0.1) is 0 Å². The third-order valence-electron chi connectivity index (χ3n) is 4.92. The van der Waals surface area contributed by atoms with Gasteiger partial charge in [0, 0.05) is 16.5 Å². The van der Waals surface area contributed by atoms with Crippen molar-refractivity contribution in [3.8, 4) is 11.5 Å². The van der Waals surface area contributed by atoms with E-state index in [1.807, 2.05) is 13.8 Å². The number of phenolic OH excluding ortho intramolecular Hbond substituents is 2. The highest BCUT2D eigenvalue weighted by molar-refractivity contribution is 5.80. The molecule has 0 heterocycles. The number of aliphatic hydroxyl groups excluding tert-OH is 2. The molecular weight excluding hydrogens is 380 g/mol. The van der Waals surface area contributed by atoms with Crippen molar-refractivity contribution in [2.45, 2.75) is 31.5 Å². The molecule has 156 valence electrons. The molecule has 2 aromatic carbocycles. The van der Waals surface area contributed by atoms with Crippen molar-refractivity contribution < 1.29 is 39.5 Å². The maximum absolute atomic E-state index is 11.8. The van der Waals surface area contributed by atoms with Crippen LogP contribution < -0.4 is 0 Å². The SMILES string of the molecule is COC(=O)C(O)c1cc(C(C)(C)c2ccc(O)cc2)cc(C(O)C(=O)OC)c1O. The summed E-state index contributed by atoms with van der Waals surface area (Å²) in [4.78, 5) is 23.7. The number of carbonyl (C=O) groups is 2. The predicted molar refractivity (Wildman–Crippen MR) is 102 cm³/mol. The van der Waals surface area contributed by atoms with Crippen LogP contribution >= 0.6 is 0 Å². The summed E-state index contributed by atoms with van der Waals surface area (Å²) in [6, 6.07) is 9.19. The number of rotatable bonds is 6. The smallest absolute Gasteiger partial charge is 0.339 e. The zero-order valence-electron chi connectivity index (χ0n) is 16.5. The second-order valence-electron chi connectivity index (χ2n) is 7.03. The summed E-state index contributed by atoms with van der Waals surface area (Å²) >= 11 is 0. The van der Waals surface area contributed by atoms with E-state index in [-0.39, 0.29) is 16.9 Å². The van der Waals surface area contributed by atoms with Crippen molar-refractivity contribution in [2.75, 3.05) is 14.2 Å². The molecule has 2 unspecified atom stereocenters. The average molecular weight is 404 g/mol. The Hall–Kier alpha value is -3.10. The molecule has 0 amide bonds. The molecule has 4 N–H and O–H groups in total. The van der Waals surface area contributed by atoms with Crippen LogP contribution in [0.2, 0.25) is 0 Å². The Morgan fingerprint density at radius 3 is 1.62 bits per heavy atom. The number of carbonyl (C=O) groups excluding carboxylic acids is 2. The Labute approximate surface area is 168 Å². The van der Waals surface area contributed by atoms with E-state index in [9.17, 15) is 30.0 Å². The number of esters is 2. The molecule has 0 aromatic heterocycles. The Morgan fingerprint density at radius 1 is 0.828 bits per heavy atom. The summed E-state index contributed by atoms with van der Waals surface area (Å²) in [6.45, 7) is 3.66. The van der Waals surface area contributed by atoms with Gasteiger partial charge >= 0.3 is 11.9 Å². The Kier molecular flexibility index (Phi) is 6.51. The molecule has 8 nitrogen and oxygen atoms in total. The molecule has 0 spiro atoms. The van der Waals surface area contributed by atoms with Crippen LogP contribution in [0.15, 0.2) is 36.4 Å². The molecule has 29 heavy (non-hydrogen) atoms. The number of hydrogen-bond donors (Lipinski definition) is 4. The minimum Gasteiger partial charge on any atom is -0.508 e. The van der Waals surface area contributed by atoms with Crippen molar-refractivity contribution >= 4 is 11.9 Å². The summed E-state index contributed by atoms with van der Waals surface area (Å²) in [6.07, 6.45) is -3.67. The van der Waals surface area contributed by atoms with Gasteiger partial charge < -0.3 is 29.9 Å². The Balaban J connectivity index is 2.72. The zero-order valence-corrected chi connectivity index (χ0v) is 16.5. The molecule has 0 bridgehead atoms. The van der Waals surface area contributed by atoms with E-state index in [1.54, 1.807) is 12.1 Å². The van der Waals surface area contributed by atoms with Crippen LogP contribution in [-0.4, -0.2) is 46.6 Å². The minimum absolute atomic E-state index is 0.0823. The predicted octanol–water partition coefficient (Wildman–Crippen LogP) is 1.84. The number of methoxy groups -OCH3 is 2. The van der Waals surface area contributed by atoms with Gasteiger partial charge in [-0.1, -0.05) is 26.0 Å². The lowest BCUT2D eigenvalue weighted by atomic mass is 9.76. The maximum Gasteiger partial charge on any atom is 0.339 e. The van der Waals surface area contributed by atoms with Gasteiger partial charge in [0.2, 0.25) is 0 Å². The van der Waals surface area contributed by atoms with Crippen LogP contribution in [0.4, 0.5) is 0 Å². The number of hydrogen-bond acceptors (Lipinski definition) is 8. The van der Waals surface area contributed by atoms with Crippen molar-refractivity contribution in [1.29, 1.82) is 0 Å². The monoisotopic (exact) mass is 404 g/mol.